The SMILES string of the molecule is C[C@H](CNC[C@@H]1CN2CCC[C@@H]2CO1)c1ccc(F)cc1. The van der Waals surface area contributed by atoms with E-state index in [1.165, 1.54) is 37.1 Å². The van der Waals surface area contributed by atoms with Crippen molar-refractivity contribution in [3.63, 3.8) is 0 Å². The summed E-state index contributed by atoms with van der Waals surface area (Å²) in [4.78, 5) is 2.57. The highest BCUT2D eigenvalue weighted by molar-refractivity contribution is 5.20. The van der Waals surface area contributed by atoms with Gasteiger partial charge in [0.2, 0.25) is 0 Å². The van der Waals surface area contributed by atoms with Crippen molar-refractivity contribution < 1.29 is 9.13 Å². The van der Waals surface area contributed by atoms with Crippen LogP contribution in [0.25, 0.3) is 0 Å². The molecule has 21 heavy (non-hydrogen) atoms. The minimum Gasteiger partial charge on any atom is -0.374 e. The lowest BCUT2D eigenvalue weighted by Crippen LogP contribution is -2.49. The zero-order valence-electron chi connectivity index (χ0n) is 12.7. The Morgan fingerprint density at radius 1 is 1.38 bits per heavy atom. The lowest BCUT2D eigenvalue weighted by molar-refractivity contribution is -0.0469. The second-order valence-corrected chi connectivity index (χ2v) is 6.36. The number of nitrogens with zero attached hydrogens (tertiary/aromatic N) is 1. The first-order valence-electron chi connectivity index (χ1n) is 8.04. The third-order valence-corrected chi connectivity index (χ3v) is 4.72. The summed E-state index contributed by atoms with van der Waals surface area (Å²) in [7, 11) is 0. The maximum atomic E-state index is 12.9. The zero-order valence-corrected chi connectivity index (χ0v) is 12.7. The second-order valence-electron chi connectivity index (χ2n) is 6.36. The molecule has 0 spiro atoms. The van der Waals surface area contributed by atoms with Crippen molar-refractivity contribution >= 4 is 0 Å². The van der Waals surface area contributed by atoms with Gasteiger partial charge in [-0.2, -0.15) is 0 Å². The number of hydrogen-bond acceptors (Lipinski definition) is 3. The summed E-state index contributed by atoms with van der Waals surface area (Å²) in [5.41, 5.74) is 1.17. The molecule has 2 aliphatic heterocycles. The van der Waals surface area contributed by atoms with Crippen LogP contribution in [-0.4, -0.2) is 49.8 Å². The molecule has 1 aromatic rings. The van der Waals surface area contributed by atoms with Crippen molar-refractivity contribution in [1.82, 2.24) is 10.2 Å². The predicted octanol–water partition coefficient (Wildman–Crippen LogP) is 2.38. The van der Waals surface area contributed by atoms with Crippen LogP contribution in [0.15, 0.2) is 24.3 Å². The first kappa shape index (κ1) is 14.9. The van der Waals surface area contributed by atoms with Crippen molar-refractivity contribution in [3.8, 4) is 0 Å². The van der Waals surface area contributed by atoms with Gasteiger partial charge in [-0.3, -0.25) is 4.90 Å². The summed E-state index contributed by atoms with van der Waals surface area (Å²) in [5.74, 6) is 0.211. The fourth-order valence-corrected chi connectivity index (χ4v) is 3.38. The number of halogens is 1. The van der Waals surface area contributed by atoms with Gasteiger partial charge < -0.3 is 10.1 Å². The molecule has 0 unspecified atom stereocenters. The summed E-state index contributed by atoms with van der Waals surface area (Å²) in [6.07, 6.45) is 2.91. The van der Waals surface area contributed by atoms with Crippen molar-refractivity contribution in [2.45, 2.75) is 37.8 Å². The topological polar surface area (TPSA) is 24.5 Å². The Bertz CT molecular complexity index is 451. The van der Waals surface area contributed by atoms with Crippen LogP contribution < -0.4 is 5.32 Å². The predicted molar refractivity (Wildman–Crippen MR) is 82.0 cm³/mol. The molecule has 0 bridgehead atoms. The van der Waals surface area contributed by atoms with Gasteiger partial charge in [-0.15, -0.1) is 0 Å². The number of hydrogen-bond donors (Lipinski definition) is 1. The van der Waals surface area contributed by atoms with E-state index in [0.29, 0.717) is 18.1 Å². The van der Waals surface area contributed by atoms with E-state index in [1.807, 2.05) is 12.1 Å². The smallest absolute Gasteiger partial charge is 0.123 e. The molecule has 3 nitrogen and oxygen atoms in total. The molecule has 0 radical (unpaired) electrons. The molecule has 0 aliphatic carbocycles. The highest BCUT2D eigenvalue weighted by Crippen LogP contribution is 2.22. The average Bonchev–Trinajstić information content (AvgIpc) is 2.95. The fourth-order valence-electron chi connectivity index (χ4n) is 3.38. The Kier molecular flexibility index (Phi) is 4.88. The van der Waals surface area contributed by atoms with E-state index in [-0.39, 0.29) is 5.82 Å². The minimum atomic E-state index is -0.172. The quantitative estimate of drug-likeness (QED) is 0.902. The monoisotopic (exact) mass is 292 g/mol. The van der Waals surface area contributed by atoms with Gasteiger partial charge in [0, 0.05) is 25.7 Å². The number of fused-ring (bicyclic) bond motifs is 1. The Morgan fingerprint density at radius 2 is 2.19 bits per heavy atom. The highest BCUT2D eigenvalue weighted by atomic mass is 19.1. The zero-order chi connectivity index (χ0) is 14.7. The van der Waals surface area contributed by atoms with Gasteiger partial charge in [0.1, 0.15) is 5.82 Å². The summed E-state index contributed by atoms with van der Waals surface area (Å²) < 4.78 is 18.9. The van der Waals surface area contributed by atoms with E-state index in [2.05, 4.69) is 17.1 Å². The fraction of sp³-hybridized carbons (Fsp3) is 0.647. The van der Waals surface area contributed by atoms with Crippen LogP contribution in [0.5, 0.6) is 0 Å². The molecule has 2 heterocycles. The van der Waals surface area contributed by atoms with Crippen molar-refractivity contribution in [1.29, 1.82) is 0 Å². The molecule has 2 aliphatic rings. The van der Waals surface area contributed by atoms with E-state index in [4.69, 9.17) is 4.74 Å². The molecule has 2 saturated heterocycles. The standard InChI is InChI=1S/C17H25FN2O/c1-13(14-4-6-15(18)7-5-14)9-19-10-17-11-20-8-2-3-16(20)12-21-17/h4-7,13,16-17,19H,2-3,8-12H2,1H3/t13-,16-,17-/m1/s1. The number of benzene rings is 1. The van der Waals surface area contributed by atoms with Gasteiger partial charge in [0.25, 0.3) is 0 Å². The molecule has 3 atom stereocenters. The first-order chi connectivity index (χ1) is 10.2. The summed E-state index contributed by atoms with van der Waals surface area (Å²) in [6.45, 7) is 7.14. The molecule has 0 amide bonds. The lowest BCUT2D eigenvalue weighted by atomic mass is 10.0. The number of morpholine rings is 1. The Hall–Kier alpha value is -0.970. The average molecular weight is 292 g/mol. The van der Waals surface area contributed by atoms with Gasteiger partial charge in [-0.25, -0.2) is 4.39 Å². The van der Waals surface area contributed by atoms with Gasteiger partial charge >= 0.3 is 0 Å². The minimum absolute atomic E-state index is 0.172. The summed E-state index contributed by atoms with van der Waals surface area (Å²) >= 11 is 0. The van der Waals surface area contributed by atoms with Gasteiger partial charge in [-0.1, -0.05) is 19.1 Å². The van der Waals surface area contributed by atoms with Crippen molar-refractivity contribution in [3.05, 3.63) is 35.6 Å². The number of nitrogens with one attached hydrogen (secondary N) is 1. The molecular formula is C17H25FN2O. The maximum Gasteiger partial charge on any atom is 0.123 e. The highest BCUT2D eigenvalue weighted by Gasteiger charge is 2.31. The van der Waals surface area contributed by atoms with Crippen LogP contribution in [0, 0.1) is 5.82 Å². The van der Waals surface area contributed by atoms with E-state index in [0.717, 1.165) is 26.2 Å². The van der Waals surface area contributed by atoms with Crippen molar-refractivity contribution in [2.24, 2.45) is 0 Å². The number of rotatable bonds is 5. The molecule has 0 aromatic heterocycles. The van der Waals surface area contributed by atoms with Crippen LogP contribution in [-0.2, 0) is 4.74 Å². The Labute approximate surface area is 126 Å². The van der Waals surface area contributed by atoms with Crippen LogP contribution in [0.3, 0.4) is 0 Å². The van der Waals surface area contributed by atoms with E-state index in [1.54, 1.807) is 0 Å². The first-order valence-corrected chi connectivity index (χ1v) is 8.04. The van der Waals surface area contributed by atoms with E-state index in [9.17, 15) is 4.39 Å². The van der Waals surface area contributed by atoms with Crippen LogP contribution >= 0.6 is 0 Å². The largest absolute Gasteiger partial charge is 0.374 e. The third kappa shape index (κ3) is 3.82. The lowest BCUT2D eigenvalue weighted by Gasteiger charge is -2.35. The van der Waals surface area contributed by atoms with E-state index < -0.39 is 0 Å². The summed E-state index contributed by atoms with van der Waals surface area (Å²) in [5, 5.41) is 3.50. The summed E-state index contributed by atoms with van der Waals surface area (Å²) in [6, 6.07) is 7.47. The second kappa shape index (κ2) is 6.86. The van der Waals surface area contributed by atoms with Crippen molar-refractivity contribution in [2.75, 3.05) is 32.8 Å². The van der Waals surface area contributed by atoms with Crippen LogP contribution in [0.2, 0.25) is 0 Å². The third-order valence-electron chi connectivity index (χ3n) is 4.72. The Morgan fingerprint density at radius 3 is 3.00 bits per heavy atom. The van der Waals surface area contributed by atoms with Gasteiger partial charge in [0.15, 0.2) is 0 Å². The molecular weight excluding hydrogens is 267 g/mol. The molecule has 2 fully saturated rings. The Balaban J connectivity index is 1.40. The molecule has 1 aromatic carbocycles. The van der Waals surface area contributed by atoms with Crippen LogP contribution in [0.4, 0.5) is 4.39 Å². The molecule has 116 valence electrons. The molecule has 4 heteroatoms. The molecule has 3 rings (SSSR count). The van der Waals surface area contributed by atoms with Gasteiger partial charge in [-0.05, 0) is 43.0 Å². The molecule has 1 N–H and O–H groups in total. The number of ether oxygens (including phenoxy) is 1. The van der Waals surface area contributed by atoms with Gasteiger partial charge in [0.05, 0.1) is 12.7 Å². The molecule has 0 saturated carbocycles. The normalized spacial score (nSPS) is 27.5. The van der Waals surface area contributed by atoms with Crippen LogP contribution in [0.1, 0.15) is 31.2 Å². The maximum absolute atomic E-state index is 12.9. The van der Waals surface area contributed by atoms with E-state index >= 15 is 0 Å².